The average Bonchev–Trinajstić information content (AvgIpc) is 2.34. The third-order valence-corrected chi connectivity index (χ3v) is 2.40. The van der Waals surface area contributed by atoms with Crippen LogP contribution in [-0.2, 0) is 69.9 Å². The van der Waals surface area contributed by atoms with Gasteiger partial charge in [0.2, 0.25) is 0 Å². The molecule has 1 aliphatic rings. The summed E-state index contributed by atoms with van der Waals surface area (Å²) < 4.78 is 5.13. The molecule has 0 saturated heterocycles. The summed E-state index contributed by atoms with van der Waals surface area (Å²) in [5, 5.41) is 0. The normalized spacial score (nSPS) is 28.9. The first kappa shape index (κ1) is 16.0. The standard InChI is InChI=1S/C7H14OP.2Y/c1-2-6-3-4-7(5-6)8-9;;/h3,6-7H,2,4-5,9H2,1H3;;/q-1;;. The van der Waals surface area contributed by atoms with Crippen molar-refractivity contribution in [3.63, 3.8) is 0 Å². The van der Waals surface area contributed by atoms with Crippen LogP contribution >= 0.6 is 9.47 Å². The third kappa shape index (κ3) is 5.82. The Hall–Kier alpha value is 2.60. The molecular formula is C7H14OPY2-. The Morgan fingerprint density at radius 3 is 2.45 bits per heavy atom. The Labute approximate surface area is 122 Å². The van der Waals surface area contributed by atoms with Crippen LogP contribution in [0, 0.1) is 12.3 Å². The first-order valence-corrected chi connectivity index (χ1v) is 4.02. The Morgan fingerprint density at radius 2 is 2.18 bits per heavy atom. The van der Waals surface area contributed by atoms with Gasteiger partial charge in [-0.2, -0.15) is 12.3 Å². The van der Waals surface area contributed by atoms with E-state index in [-0.39, 0.29) is 65.4 Å². The fourth-order valence-electron chi connectivity index (χ4n) is 1.32. The van der Waals surface area contributed by atoms with Crippen LogP contribution in [-0.4, -0.2) is 6.10 Å². The smallest absolute Gasteiger partial charge is 0.0321 e. The zero-order valence-electron chi connectivity index (χ0n) is 6.99. The van der Waals surface area contributed by atoms with Gasteiger partial charge in [0.05, 0.1) is 0 Å². The van der Waals surface area contributed by atoms with Crippen molar-refractivity contribution in [3.8, 4) is 0 Å². The van der Waals surface area contributed by atoms with Crippen LogP contribution in [0.2, 0.25) is 0 Å². The summed E-state index contributed by atoms with van der Waals surface area (Å²) in [5.74, 6) is 0.815. The molecule has 0 N–H and O–H groups in total. The van der Waals surface area contributed by atoms with Crippen molar-refractivity contribution < 1.29 is 69.9 Å². The molecule has 0 aromatic heterocycles. The van der Waals surface area contributed by atoms with Gasteiger partial charge in [0.15, 0.2) is 0 Å². The quantitative estimate of drug-likeness (QED) is 0.559. The maximum atomic E-state index is 5.13. The first-order chi connectivity index (χ1) is 4.36. The van der Waals surface area contributed by atoms with Gasteiger partial charge in [-0.1, -0.05) is 19.8 Å². The van der Waals surface area contributed by atoms with Gasteiger partial charge >= 0.3 is 0 Å². The SMILES string of the molecule is CCC1[CH-]CC(OP)C1.[Y].[Y]. The van der Waals surface area contributed by atoms with Crippen molar-refractivity contribution in [1.82, 2.24) is 0 Å². The summed E-state index contributed by atoms with van der Waals surface area (Å²) in [6.07, 6.45) is 6.49. The summed E-state index contributed by atoms with van der Waals surface area (Å²) in [5.41, 5.74) is 0. The fraction of sp³-hybridized carbons (Fsp3) is 0.857. The van der Waals surface area contributed by atoms with Crippen molar-refractivity contribution in [2.75, 3.05) is 0 Å². The fourth-order valence-corrected chi connectivity index (χ4v) is 1.54. The molecule has 0 aromatic rings. The van der Waals surface area contributed by atoms with Crippen LogP contribution < -0.4 is 0 Å². The van der Waals surface area contributed by atoms with E-state index in [4.69, 9.17) is 4.52 Å². The van der Waals surface area contributed by atoms with Gasteiger partial charge in [-0.3, -0.25) is 0 Å². The molecule has 0 spiro atoms. The summed E-state index contributed by atoms with van der Waals surface area (Å²) in [4.78, 5) is 0. The zero-order valence-corrected chi connectivity index (χ0v) is 13.8. The van der Waals surface area contributed by atoms with E-state index in [0.717, 1.165) is 12.3 Å². The molecule has 3 unspecified atom stereocenters. The minimum atomic E-state index is 0. The number of rotatable bonds is 2. The van der Waals surface area contributed by atoms with E-state index in [1.807, 2.05) is 0 Å². The van der Waals surface area contributed by atoms with Crippen molar-refractivity contribution in [2.24, 2.45) is 5.92 Å². The zero-order chi connectivity index (χ0) is 6.69. The van der Waals surface area contributed by atoms with Gasteiger partial charge in [0, 0.05) is 81.0 Å². The van der Waals surface area contributed by atoms with Crippen LogP contribution in [0.25, 0.3) is 0 Å². The molecule has 0 aromatic carbocycles. The average molecular weight is 323 g/mol. The molecule has 60 valence electrons. The predicted molar refractivity (Wildman–Crippen MR) is 41.9 cm³/mol. The summed E-state index contributed by atoms with van der Waals surface area (Å²) in [6, 6.07) is 0. The third-order valence-electron chi connectivity index (χ3n) is 2.01. The molecule has 1 aliphatic carbocycles. The van der Waals surface area contributed by atoms with Crippen LogP contribution in [0.1, 0.15) is 26.2 Å². The summed E-state index contributed by atoms with van der Waals surface area (Å²) >= 11 is 0. The largest absolute Gasteiger partial charge is 0.365 e. The number of hydrogen-bond acceptors (Lipinski definition) is 1. The molecule has 1 nitrogen and oxygen atoms in total. The Bertz CT molecular complexity index is 82.5. The molecule has 2 radical (unpaired) electrons. The second kappa shape index (κ2) is 9.16. The molecule has 0 bridgehead atoms. The van der Waals surface area contributed by atoms with Crippen molar-refractivity contribution >= 4 is 9.47 Å². The Morgan fingerprint density at radius 1 is 1.55 bits per heavy atom. The Balaban J connectivity index is 0. The minimum absolute atomic E-state index is 0. The predicted octanol–water partition coefficient (Wildman–Crippen LogP) is 2.18. The topological polar surface area (TPSA) is 9.23 Å². The van der Waals surface area contributed by atoms with E-state index < -0.39 is 0 Å². The van der Waals surface area contributed by atoms with Gasteiger partial charge < -0.3 is 10.9 Å². The van der Waals surface area contributed by atoms with E-state index >= 15 is 0 Å². The molecule has 0 aliphatic heterocycles. The summed E-state index contributed by atoms with van der Waals surface area (Å²) in [6.45, 7) is 2.23. The van der Waals surface area contributed by atoms with E-state index in [1.54, 1.807) is 0 Å². The van der Waals surface area contributed by atoms with Gasteiger partial charge in [-0.05, 0) is 0 Å². The van der Waals surface area contributed by atoms with E-state index in [9.17, 15) is 0 Å². The second-order valence-electron chi connectivity index (χ2n) is 2.63. The molecule has 1 saturated carbocycles. The maximum Gasteiger partial charge on any atom is 0.0321 e. The molecule has 3 atom stereocenters. The molecular weight excluding hydrogens is 309 g/mol. The molecule has 1 fully saturated rings. The molecule has 0 amide bonds. The molecule has 0 heterocycles. The van der Waals surface area contributed by atoms with Crippen LogP contribution in [0.4, 0.5) is 0 Å². The van der Waals surface area contributed by atoms with Crippen LogP contribution in [0.5, 0.6) is 0 Å². The minimum Gasteiger partial charge on any atom is -0.365 e. The van der Waals surface area contributed by atoms with Gasteiger partial charge in [0.1, 0.15) is 0 Å². The van der Waals surface area contributed by atoms with E-state index in [2.05, 4.69) is 22.8 Å². The van der Waals surface area contributed by atoms with Gasteiger partial charge in [-0.15, -0.1) is 0 Å². The molecule has 4 heteroatoms. The van der Waals surface area contributed by atoms with E-state index in [0.29, 0.717) is 6.10 Å². The molecule has 1 rings (SSSR count). The second-order valence-corrected chi connectivity index (χ2v) is 2.91. The van der Waals surface area contributed by atoms with Crippen molar-refractivity contribution in [2.45, 2.75) is 32.3 Å². The number of hydrogen-bond donors (Lipinski definition) is 0. The van der Waals surface area contributed by atoms with Crippen molar-refractivity contribution in [3.05, 3.63) is 6.42 Å². The van der Waals surface area contributed by atoms with Crippen molar-refractivity contribution in [1.29, 1.82) is 0 Å². The van der Waals surface area contributed by atoms with Gasteiger partial charge in [0.25, 0.3) is 0 Å². The monoisotopic (exact) mass is 323 g/mol. The first-order valence-electron chi connectivity index (χ1n) is 3.55. The summed E-state index contributed by atoms with van der Waals surface area (Å²) in [7, 11) is 2.34. The molecule has 11 heavy (non-hydrogen) atoms. The Kier molecular flexibility index (Phi) is 13.4. The maximum absolute atomic E-state index is 5.13. The van der Waals surface area contributed by atoms with E-state index in [1.165, 1.54) is 12.8 Å². The van der Waals surface area contributed by atoms with Crippen LogP contribution in [0.15, 0.2) is 0 Å². The van der Waals surface area contributed by atoms with Gasteiger partial charge in [-0.25, -0.2) is 0 Å². The van der Waals surface area contributed by atoms with Crippen LogP contribution in [0.3, 0.4) is 0 Å².